The van der Waals surface area contributed by atoms with Gasteiger partial charge in [0.15, 0.2) is 0 Å². The molecule has 2 heterocycles. The van der Waals surface area contributed by atoms with E-state index in [9.17, 15) is 14.7 Å². The fourth-order valence-electron chi connectivity index (χ4n) is 1.63. The van der Waals surface area contributed by atoms with Crippen molar-refractivity contribution in [3.05, 3.63) is 0 Å². The molecule has 0 amide bonds. The smallest absolute Gasteiger partial charge is 0.310 e. The zero-order chi connectivity index (χ0) is 13.0. The zero-order valence-corrected chi connectivity index (χ0v) is 9.87. The highest BCUT2D eigenvalue weighted by molar-refractivity contribution is 5.75. The van der Waals surface area contributed by atoms with Crippen LogP contribution in [0.5, 0.6) is 0 Å². The maximum absolute atomic E-state index is 10.5. The first-order chi connectivity index (χ1) is 8.63. The van der Waals surface area contributed by atoms with Gasteiger partial charge in [-0.25, -0.2) is 0 Å². The van der Waals surface area contributed by atoms with E-state index in [4.69, 9.17) is 18.9 Å². The van der Waals surface area contributed by atoms with Crippen LogP contribution in [-0.2, 0) is 28.5 Å². The maximum Gasteiger partial charge on any atom is 0.310 e. The third-order valence-electron chi connectivity index (χ3n) is 2.61. The number of ether oxygens (including phenoxy) is 4. The van der Waals surface area contributed by atoms with Crippen molar-refractivity contribution in [1.82, 2.24) is 0 Å². The van der Waals surface area contributed by atoms with Crippen LogP contribution in [0.15, 0.2) is 0 Å². The van der Waals surface area contributed by atoms with E-state index in [2.05, 4.69) is 0 Å². The van der Waals surface area contributed by atoms with Crippen LogP contribution in [0.3, 0.4) is 0 Å². The Morgan fingerprint density at radius 1 is 1.06 bits per heavy atom. The van der Waals surface area contributed by atoms with Gasteiger partial charge in [0.1, 0.15) is 18.3 Å². The number of rotatable bonds is 8. The van der Waals surface area contributed by atoms with Crippen molar-refractivity contribution in [3.8, 4) is 0 Å². The van der Waals surface area contributed by atoms with Gasteiger partial charge in [-0.05, 0) is 0 Å². The van der Waals surface area contributed by atoms with Gasteiger partial charge in [-0.15, -0.1) is 0 Å². The molecule has 2 atom stereocenters. The zero-order valence-electron chi connectivity index (χ0n) is 9.87. The Hall–Kier alpha value is -1.18. The van der Waals surface area contributed by atoms with Gasteiger partial charge in [-0.1, -0.05) is 0 Å². The molecular formula is C11H16O7. The lowest BCUT2D eigenvalue weighted by Crippen LogP contribution is -2.38. The lowest BCUT2D eigenvalue weighted by Gasteiger charge is -2.26. The second-order valence-corrected chi connectivity index (χ2v) is 4.36. The van der Waals surface area contributed by atoms with Gasteiger partial charge in [-0.2, -0.15) is 0 Å². The summed E-state index contributed by atoms with van der Waals surface area (Å²) in [6, 6.07) is 0. The summed E-state index contributed by atoms with van der Waals surface area (Å²) >= 11 is 0. The predicted octanol–water partition coefficient (Wildman–Crippen LogP) is -0.988. The average molecular weight is 260 g/mol. The van der Waals surface area contributed by atoms with E-state index in [1.165, 1.54) is 0 Å². The molecule has 2 aliphatic heterocycles. The standard InChI is InChI=1S/C11H16O7/c12-7(3-15-5-8-1-10(13)17-8)4-16-6-9-2-11(14)18-9/h7-9,12H,1-6H2. The van der Waals surface area contributed by atoms with Gasteiger partial charge in [0.05, 0.1) is 39.3 Å². The topological polar surface area (TPSA) is 91.3 Å². The molecule has 102 valence electrons. The van der Waals surface area contributed by atoms with E-state index in [1.54, 1.807) is 0 Å². The summed E-state index contributed by atoms with van der Waals surface area (Å²) in [4.78, 5) is 21.0. The van der Waals surface area contributed by atoms with Crippen molar-refractivity contribution in [3.63, 3.8) is 0 Å². The predicted molar refractivity (Wildman–Crippen MR) is 56.6 cm³/mol. The number of hydrogen-bond acceptors (Lipinski definition) is 7. The van der Waals surface area contributed by atoms with Crippen molar-refractivity contribution in [2.45, 2.75) is 31.2 Å². The molecular weight excluding hydrogens is 244 g/mol. The summed E-state index contributed by atoms with van der Waals surface area (Å²) in [6.07, 6.45) is -0.351. The summed E-state index contributed by atoms with van der Waals surface area (Å²) < 4.78 is 19.8. The van der Waals surface area contributed by atoms with Crippen LogP contribution in [0.2, 0.25) is 0 Å². The number of aliphatic hydroxyl groups is 1. The molecule has 0 aromatic carbocycles. The Bertz CT molecular complexity index is 271. The van der Waals surface area contributed by atoms with Gasteiger partial charge >= 0.3 is 11.9 Å². The van der Waals surface area contributed by atoms with Gasteiger partial charge in [-0.3, -0.25) is 9.59 Å². The van der Waals surface area contributed by atoms with Crippen LogP contribution in [0.25, 0.3) is 0 Å². The lowest BCUT2D eigenvalue weighted by atomic mass is 10.2. The number of carbonyl (C=O) groups excluding carboxylic acids is 2. The van der Waals surface area contributed by atoms with Gasteiger partial charge in [0.2, 0.25) is 0 Å². The van der Waals surface area contributed by atoms with Crippen LogP contribution in [0.1, 0.15) is 12.8 Å². The monoisotopic (exact) mass is 260 g/mol. The minimum Gasteiger partial charge on any atom is -0.459 e. The highest BCUT2D eigenvalue weighted by atomic mass is 16.6. The molecule has 0 saturated carbocycles. The summed E-state index contributed by atoms with van der Waals surface area (Å²) in [5.41, 5.74) is 0. The molecule has 2 saturated heterocycles. The largest absolute Gasteiger partial charge is 0.459 e. The summed E-state index contributed by atoms with van der Waals surface area (Å²) in [7, 11) is 0. The first kappa shape index (κ1) is 13.3. The first-order valence-corrected chi connectivity index (χ1v) is 5.86. The molecule has 0 spiro atoms. The molecule has 7 heteroatoms. The third-order valence-corrected chi connectivity index (χ3v) is 2.61. The Morgan fingerprint density at radius 3 is 1.78 bits per heavy atom. The van der Waals surface area contributed by atoms with E-state index in [0.29, 0.717) is 26.1 Å². The number of aliphatic hydroxyl groups excluding tert-OH is 1. The molecule has 0 bridgehead atoms. The lowest BCUT2D eigenvalue weighted by molar-refractivity contribution is -0.177. The second-order valence-electron chi connectivity index (χ2n) is 4.36. The van der Waals surface area contributed by atoms with Crippen LogP contribution >= 0.6 is 0 Å². The maximum atomic E-state index is 10.5. The SMILES string of the molecule is O=C1CC(COCC(O)COCC2CC(=O)O2)O1. The van der Waals surface area contributed by atoms with Crippen molar-refractivity contribution in [1.29, 1.82) is 0 Å². The average Bonchev–Trinajstić information content (AvgIpc) is 2.24. The van der Waals surface area contributed by atoms with Crippen molar-refractivity contribution < 1.29 is 33.6 Å². The Labute approximate surface area is 104 Å². The molecule has 2 unspecified atom stereocenters. The highest BCUT2D eigenvalue weighted by Crippen LogP contribution is 2.14. The van der Waals surface area contributed by atoms with E-state index >= 15 is 0 Å². The van der Waals surface area contributed by atoms with Gasteiger partial charge in [0, 0.05) is 0 Å². The molecule has 0 aliphatic carbocycles. The van der Waals surface area contributed by atoms with Crippen molar-refractivity contribution in [2.75, 3.05) is 26.4 Å². The first-order valence-electron chi connectivity index (χ1n) is 5.86. The second kappa shape index (κ2) is 6.12. The quantitative estimate of drug-likeness (QED) is 0.560. The van der Waals surface area contributed by atoms with Crippen LogP contribution in [0.4, 0.5) is 0 Å². The van der Waals surface area contributed by atoms with E-state index in [0.717, 1.165) is 0 Å². The van der Waals surface area contributed by atoms with Crippen LogP contribution < -0.4 is 0 Å². The summed E-state index contributed by atoms with van der Waals surface area (Å²) in [5, 5.41) is 9.49. The Balaban J connectivity index is 1.41. The fourth-order valence-corrected chi connectivity index (χ4v) is 1.63. The molecule has 1 N–H and O–H groups in total. The molecule has 7 nitrogen and oxygen atoms in total. The minimum absolute atomic E-state index is 0.124. The van der Waals surface area contributed by atoms with E-state index < -0.39 is 6.10 Å². The summed E-state index contributed by atoms with van der Waals surface area (Å²) in [6.45, 7) is 0.836. The number of carbonyl (C=O) groups is 2. The minimum atomic E-state index is -0.739. The number of cyclic esters (lactones) is 2. The molecule has 2 aliphatic rings. The third kappa shape index (κ3) is 3.94. The summed E-state index contributed by atoms with van der Waals surface area (Å²) in [5.74, 6) is -0.440. The highest BCUT2D eigenvalue weighted by Gasteiger charge is 2.29. The number of esters is 2. The van der Waals surface area contributed by atoms with Crippen LogP contribution in [0, 0.1) is 0 Å². The van der Waals surface area contributed by atoms with Crippen LogP contribution in [-0.4, -0.2) is 61.8 Å². The van der Waals surface area contributed by atoms with E-state index in [-0.39, 0.29) is 37.4 Å². The Kier molecular flexibility index (Phi) is 4.51. The molecule has 0 radical (unpaired) electrons. The van der Waals surface area contributed by atoms with Gasteiger partial charge < -0.3 is 24.1 Å². The molecule has 0 aromatic rings. The molecule has 18 heavy (non-hydrogen) atoms. The molecule has 2 rings (SSSR count). The normalized spacial score (nSPS) is 27.8. The molecule has 2 fully saturated rings. The van der Waals surface area contributed by atoms with E-state index in [1.807, 2.05) is 0 Å². The van der Waals surface area contributed by atoms with Crippen molar-refractivity contribution in [2.24, 2.45) is 0 Å². The number of hydrogen-bond donors (Lipinski definition) is 1. The molecule has 0 aromatic heterocycles. The van der Waals surface area contributed by atoms with Crippen molar-refractivity contribution >= 4 is 11.9 Å². The fraction of sp³-hybridized carbons (Fsp3) is 0.818. The van der Waals surface area contributed by atoms with Gasteiger partial charge in [0.25, 0.3) is 0 Å². The Morgan fingerprint density at radius 2 is 1.44 bits per heavy atom.